The summed E-state index contributed by atoms with van der Waals surface area (Å²) in [6.45, 7) is 1.83. The van der Waals surface area contributed by atoms with Crippen LogP contribution in [-0.4, -0.2) is 29.7 Å². The molecule has 156 valence electrons. The van der Waals surface area contributed by atoms with Crippen molar-refractivity contribution < 1.29 is 4.79 Å². The largest absolute Gasteiger partial charge is 0.285 e. The summed E-state index contributed by atoms with van der Waals surface area (Å²) >= 11 is 1.71. The van der Waals surface area contributed by atoms with Crippen LogP contribution in [0, 0.1) is 0 Å². The molecule has 1 fully saturated rings. The molecule has 2 heterocycles. The van der Waals surface area contributed by atoms with E-state index in [0.29, 0.717) is 5.56 Å². The van der Waals surface area contributed by atoms with Crippen molar-refractivity contribution in [1.29, 1.82) is 0 Å². The molecule has 1 N–H and O–H groups in total. The first-order chi connectivity index (χ1) is 15.3. The van der Waals surface area contributed by atoms with Gasteiger partial charge in [0, 0.05) is 39.6 Å². The molecule has 1 aliphatic carbocycles. The van der Waals surface area contributed by atoms with Gasteiger partial charge in [-0.25, -0.2) is 10.0 Å². The van der Waals surface area contributed by atoms with Crippen molar-refractivity contribution in [2.24, 2.45) is 4.99 Å². The second-order valence-electron chi connectivity index (χ2n) is 7.92. The van der Waals surface area contributed by atoms with Gasteiger partial charge in [0.05, 0.1) is 11.4 Å². The quantitative estimate of drug-likeness (QED) is 0.669. The summed E-state index contributed by atoms with van der Waals surface area (Å²) in [7, 11) is 0. The van der Waals surface area contributed by atoms with Crippen molar-refractivity contribution in [3.05, 3.63) is 89.5 Å². The normalized spacial score (nSPS) is 18.2. The SMILES string of the molecule is O=C(NN1CCCCC1)c1ccc2c(c1)N=C(C1=CC=CCC=C1)c1ccccc1S2. The number of carbonyl (C=O) groups is 1. The van der Waals surface area contributed by atoms with Crippen LogP contribution in [0.25, 0.3) is 0 Å². The van der Waals surface area contributed by atoms with Gasteiger partial charge in [0.2, 0.25) is 0 Å². The Labute approximate surface area is 187 Å². The minimum Gasteiger partial charge on any atom is -0.285 e. The fourth-order valence-corrected chi connectivity index (χ4v) is 5.06. The van der Waals surface area contributed by atoms with Crippen LogP contribution in [-0.2, 0) is 0 Å². The van der Waals surface area contributed by atoms with Gasteiger partial charge in [-0.05, 0) is 43.5 Å². The average molecular weight is 428 g/mol. The molecule has 0 spiro atoms. The smallest absolute Gasteiger partial charge is 0.265 e. The second-order valence-corrected chi connectivity index (χ2v) is 9.00. The minimum absolute atomic E-state index is 0.0651. The molecule has 0 atom stereocenters. The highest BCUT2D eigenvalue weighted by atomic mass is 32.2. The Hall–Kier alpha value is -2.89. The molecule has 0 bridgehead atoms. The maximum Gasteiger partial charge on any atom is 0.265 e. The van der Waals surface area contributed by atoms with E-state index in [9.17, 15) is 4.79 Å². The number of carbonyl (C=O) groups excluding carboxylic acids is 1. The Morgan fingerprint density at radius 2 is 1.87 bits per heavy atom. The van der Waals surface area contributed by atoms with Crippen molar-refractivity contribution in [1.82, 2.24) is 10.4 Å². The Morgan fingerprint density at radius 3 is 2.77 bits per heavy atom. The molecule has 5 rings (SSSR count). The number of allylic oxidation sites excluding steroid dienone is 6. The molecule has 2 aromatic rings. The van der Waals surface area contributed by atoms with Gasteiger partial charge in [-0.1, -0.05) is 66.8 Å². The first-order valence-electron chi connectivity index (χ1n) is 10.9. The highest BCUT2D eigenvalue weighted by Gasteiger charge is 2.21. The number of nitrogens with one attached hydrogen (secondary N) is 1. The lowest BCUT2D eigenvalue weighted by Gasteiger charge is -2.26. The summed E-state index contributed by atoms with van der Waals surface area (Å²) in [4.78, 5) is 20.2. The maximum atomic E-state index is 12.9. The minimum atomic E-state index is -0.0651. The lowest BCUT2D eigenvalue weighted by molar-refractivity contribution is 0.0750. The van der Waals surface area contributed by atoms with Crippen LogP contribution in [0.4, 0.5) is 5.69 Å². The molecule has 0 unspecified atom stereocenters. The molecular formula is C26H25N3OS. The summed E-state index contributed by atoms with van der Waals surface area (Å²) in [5, 5.41) is 2.03. The number of fused-ring (bicyclic) bond motifs is 2. The zero-order valence-electron chi connectivity index (χ0n) is 17.4. The van der Waals surface area contributed by atoms with Crippen LogP contribution in [0.15, 0.2) is 93.2 Å². The number of amides is 1. The standard InChI is InChI=1S/C26H25N3OS/c30-26(28-29-16-8-3-9-17-29)20-14-15-24-22(18-20)27-25(19-10-4-1-2-5-11-19)21-12-6-7-13-23(21)31-24/h1,4-7,10-15,18H,2-3,8-9,16-17H2,(H,28,30). The van der Waals surface area contributed by atoms with Crippen LogP contribution in [0.1, 0.15) is 41.6 Å². The molecule has 1 saturated heterocycles. The third-order valence-corrected chi connectivity index (χ3v) is 6.83. The van der Waals surface area contributed by atoms with Gasteiger partial charge in [-0.2, -0.15) is 0 Å². The molecule has 3 aliphatic rings. The number of piperidine rings is 1. The van der Waals surface area contributed by atoms with E-state index < -0.39 is 0 Å². The number of rotatable bonds is 3. The Balaban J connectivity index is 1.53. The number of hydrogen-bond donors (Lipinski definition) is 1. The molecule has 2 aromatic carbocycles. The number of hydrogen-bond acceptors (Lipinski definition) is 4. The Bertz CT molecular complexity index is 1120. The van der Waals surface area contributed by atoms with Gasteiger partial charge in [-0.3, -0.25) is 10.2 Å². The van der Waals surface area contributed by atoms with E-state index in [1.807, 2.05) is 23.2 Å². The molecule has 0 saturated carbocycles. The third-order valence-electron chi connectivity index (χ3n) is 5.69. The van der Waals surface area contributed by atoms with Crippen molar-refractivity contribution >= 4 is 29.1 Å². The molecule has 1 amide bonds. The van der Waals surface area contributed by atoms with E-state index in [0.717, 1.165) is 59.8 Å². The number of benzene rings is 2. The maximum absolute atomic E-state index is 12.9. The number of hydrazine groups is 1. The van der Waals surface area contributed by atoms with E-state index in [2.05, 4.69) is 60.1 Å². The average Bonchev–Trinajstić information content (AvgIpc) is 3.17. The van der Waals surface area contributed by atoms with Crippen LogP contribution in [0.5, 0.6) is 0 Å². The molecule has 4 nitrogen and oxygen atoms in total. The van der Waals surface area contributed by atoms with Gasteiger partial charge in [0.15, 0.2) is 0 Å². The first-order valence-corrected chi connectivity index (χ1v) is 11.7. The number of nitrogens with zero attached hydrogens (tertiary/aromatic N) is 2. The monoisotopic (exact) mass is 427 g/mol. The fourth-order valence-electron chi connectivity index (χ4n) is 4.05. The summed E-state index contributed by atoms with van der Waals surface area (Å²) in [5.41, 5.74) is 7.69. The lowest BCUT2D eigenvalue weighted by atomic mass is 10.0. The summed E-state index contributed by atoms with van der Waals surface area (Å²) < 4.78 is 0. The van der Waals surface area contributed by atoms with E-state index in [1.165, 1.54) is 11.3 Å². The lowest BCUT2D eigenvalue weighted by Crippen LogP contribution is -2.45. The van der Waals surface area contributed by atoms with Crippen molar-refractivity contribution in [3.8, 4) is 0 Å². The molecule has 0 aromatic heterocycles. The summed E-state index contributed by atoms with van der Waals surface area (Å²) in [6.07, 6.45) is 15.0. The van der Waals surface area contributed by atoms with Crippen molar-refractivity contribution in [2.45, 2.75) is 35.5 Å². The van der Waals surface area contributed by atoms with Gasteiger partial charge < -0.3 is 0 Å². The predicted octanol–water partition coefficient (Wildman–Crippen LogP) is 5.85. The zero-order chi connectivity index (χ0) is 21.0. The van der Waals surface area contributed by atoms with Crippen molar-refractivity contribution in [3.63, 3.8) is 0 Å². The van der Waals surface area contributed by atoms with Crippen LogP contribution in [0.3, 0.4) is 0 Å². The van der Waals surface area contributed by atoms with Gasteiger partial charge in [-0.15, -0.1) is 0 Å². The predicted molar refractivity (Wildman–Crippen MR) is 127 cm³/mol. The third kappa shape index (κ3) is 4.43. The van der Waals surface area contributed by atoms with Crippen molar-refractivity contribution in [2.75, 3.05) is 13.1 Å². The molecule has 31 heavy (non-hydrogen) atoms. The highest BCUT2D eigenvalue weighted by Crippen LogP contribution is 2.41. The van der Waals surface area contributed by atoms with Crippen LogP contribution in [0.2, 0.25) is 0 Å². The topological polar surface area (TPSA) is 44.7 Å². The van der Waals surface area contributed by atoms with Gasteiger partial charge in [0.25, 0.3) is 5.91 Å². The second kappa shape index (κ2) is 9.08. The van der Waals surface area contributed by atoms with E-state index in [1.54, 1.807) is 11.8 Å². The van der Waals surface area contributed by atoms with E-state index in [4.69, 9.17) is 4.99 Å². The summed E-state index contributed by atoms with van der Waals surface area (Å²) in [5.74, 6) is -0.0651. The van der Waals surface area contributed by atoms with Crippen LogP contribution < -0.4 is 5.43 Å². The molecule has 5 heteroatoms. The summed E-state index contributed by atoms with van der Waals surface area (Å²) in [6, 6.07) is 14.2. The Morgan fingerprint density at radius 1 is 1.00 bits per heavy atom. The first kappa shape index (κ1) is 20.0. The van der Waals surface area contributed by atoms with Gasteiger partial charge in [0.1, 0.15) is 0 Å². The number of aliphatic imine (C=N–C) groups is 1. The van der Waals surface area contributed by atoms with Crippen LogP contribution >= 0.6 is 11.8 Å². The molecular weight excluding hydrogens is 402 g/mol. The fraction of sp³-hybridized carbons (Fsp3) is 0.231. The molecule has 2 aliphatic heterocycles. The van der Waals surface area contributed by atoms with Gasteiger partial charge >= 0.3 is 0 Å². The van der Waals surface area contributed by atoms with E-state index >= 15 is 0 Å². The highest BCUT2D eigenvalue weighted by molar-refractivity contribution is 7.99. The zero-order valence-corrected chi connectivity index (χ0v) is 18.2. The Kier molecular flexibility index (Phi) is 5.87. The van der Waals surface area contributed by atoms with E-state index in [-0.39, 0.29) is 5.91 Å². The molecule has 0 radical (unpaired) electrons.